The Morgan fingerprint density at radius 3 is 2.62 bits per heavy atom. The number of thiazole rings is 1. The van der Waals surface area contributed by atoms with E-state index in [0.717, 1.165) is 22.3 Å². The lowest BCUT2D eigenvalue weighted by atomic mass is 10.0. The van der Waals surface area contributed by atoms with Gasteiger partial charge < -0.3 is 36.2 Å². The van der Waals surface area contributed by atoms with Gasteiger partial charge in [0, 0.05) is 45.9 Å². The van der Waals surface area contributed by atoms with E-state index in [1.807, 2.05) is 6.07 Å². The fourth-order valence-electron chi connectivity index (χ4n) is 5.20. The Balaban J connectivity index is 1.27. The predicted octanol–water partition coefficient (Wildman–Crippen LogP) is 0.545. The van der Waals surface area contributed by atoms with E-state index in [9.17, 15) is 39.3 Å². The molecule has 1 saturated heterocycles. The second kappa shape index (κ2) is 12.6. The number of benzene rings is 1. The van der Waals surface area contributed by atoms with Crippen LogP contribution in [0.3, 0.4) is 0 Å². The van der Waals surface area contributed by atoms with E-state index in [1.165, 1.54) is 35.3 Å². The highest BCUT2D eigenvalue weighted by Crippen LogP contribution is 2.40. The van der Waals surface area contributed by atoms with Crippen molar-refractivity contribution in [2.75, 3.05) is 11.5 Å². The molecule has 16 nitrogen and oxygen atoms in total. The van der Waals surface area contributed by atoms with Gasteiger partial charge in [-0.05, 0) is 12.1 Å². The minimum atomic E-state index is -1.82. The summed E-state index contributed by atoms with van der Waals surface area (Å²) in [5, 5.41) is 37.5. The summed E-state index contributed by atoms with van der Waals surface area (Å²) in [6, 6.07) is 9.17. The number of phenols is 1. The van der Waals surface area contributed by atoms with E-state index in [-0.39, 0.29) is 51.0 Å². The number of thioether (sulfide) groups is 1. The van der Waals surface area contributed by atoms with Crippen LogP contribution in [0.15, 0.2) is 81.5 Å². The number of aromatic nitrogens is 3. The molecule has 7 N–H and O–H groups in total. The van der Waals surface area contributed by atoms with Crippen LogP contribution < -0.4 is 21.2 Å². The Labute approximate surface area is 271 Å². The van der Waals surface area contributed by atoms with Gasteiger partial charge in [0.15, 0.2) is 29.8 Å². The number of anilines is 1. The first-order valence-electron chi connectivity index (χ1n) is 13.7. The van der Waals surface area contributed by atoms with E-state index in [2.05, 4.69) is 20.4 Å². The van der Waals surface area contributed by atoms with Crippen LogP contribution in [0, 0.1) is 0 Å². The van der Waals surface area contributed by atoms with Gasteiger partial charge in [-0.15, -0.1) is 23.1 Å². The normalized spacial score (nSPS) is 18.3. The number of oxime groups is 1. The summed E-state index contributed by atoms with van der Waals surface area (Å²) in [6.07, 6.45) is 1.73. The zero-order chi connectivity index (χ0) is 33.4. The topological polar surface area (TPSA) is 241 Å². The van der Waals surface area contributed by atoms with E-state index in [1.54, 1.807) is 29.1 Å². The zero-order valence-corrected chi connectivity index (χ0v) is 25.5. The molecule has 5 heterocycles. The van der Waals surface area contributed by atoms with E-state index < -0.39 is 52.5 Å². The number of aromatic hydroxyl groups is 1. The average Bonchev–Trinajstić information content (AvgIpc) is 3.48. The molecule has 240 valence electrons. The molecule has 0 spiro atoms. The van der Waals surface area contributed by atoms with E-state index in [4.69, 9.17) is 10.6 Å². The third kappa shape index (κ3) is 5.98. The van der Waals surface area contributed by atoms with Gasteiger partial charge in [-0.2, -0.15) is 0 Å². The van der Waals surface area contributed by atoms with E-state index in [0.29, 0.717) is 5.57 Å². The van der Waals surface area contributed by atoms with Gasteiger partial charge in [-0.25, -0.2) is 19.1 Å². The Bertz CT molecular complexity index is 2060. The molecular formula is C29H24N7O9S2+. The van der Waals surface area contributed by atoms with Crippen LogP contribution in [0.5, 0.6) is 5.75 Å². The number of fused-ring (bicyclic) bond motifs is 2. The monoisotopic (exact) mass is 678 g/mol. The van der Waals surface area contributed by atoms with Crippen molar-refractivity contribution in [3.8, 4) is 5.75 Å². The van der Waals surface area contributed by atoms with Gasteiger partial charge in [0.05, 0.1) is 5.52 Å². The number of amides is 2. The maximum atomic E-state index is 13.6. The van der Waals surface area contributed by atoms with Gasteiger partial charge in [0.1, 0.15) is 28.6 Å². The molecule has 2 aliphatic heterocycles. The summed E-state index contributed by atoms with van der Waals surface area (Å²) in [7, 11) is 0. The first-order valence-corrected chi connectivity index (χ1v) is 15.6. The minimum absolute atomic E-state index is 0.00345. The largest absolute Gasteiger partial charge is 0.506 e. The standard InChI is InChI=1S/C29H23N7O9S2/c30-29-31-16(12-47-29)20(34-45-23(28(43)44)15-4-6-17(37)19-14(15)5-7-18(38)32-19)24(39)33-21-25(40)36-22(27(41)42)13(11-46-26(21)36)10-35-8-2-1-3-9-35/h1-9,12,21,23,26H,10-11H2,(H6-,30,31,32,33,34,37,38,39,41,42,43,44)/p+1/t21-,23?,26+/m1/s1. The number of nitrogens with zero attached hydrogens (tertiary/aromatic N) is 4. The number of nitrogens with two attached hydrogens (primary N) is 1. The molecule has 6 rings (SSSR count). The lowest BCUT2D eigenvalue weighted by molar-refractivity contribution is -0.689. The van der Waals surface area contributed by atoms with Gasteiger partial charge >= 0.3 is 11.9 Å². The summed E-state index contributed by atoms with van der Waals surface area (Å²) < 4.78 is 1.79. The fraction of sp³-hybridized carbons (Fsp3) is 0.172. The molecule has 2 amide bonds. The summed E-state index contributed by atoms with van der Waals surface area (Å²) in [5.41, 5.74) is 5.01. The summed E-state index contributed by atoms with van der Waals surface area (Å²) in [5.74, 6) is -4.43. The number of aromatic amines is 1. The third-order valence-corrected chi connectivity index (χ3v) is 9.34. The van der Waals surface area contributed by atoms with Gasteiger partial charge in [-0.3, -0.25) is 19.3 Å². The molecule has 0 saturated carbocycles. The number of carboxylic acids is 2. The number of phenolic OH excluding ortho intramolecular Hbond substituents is 1. The van der Waals surface area contributed by atoms with Crippen molar-refractivity contribution in [3.63, 3.8) is 0 Å². The highest BCUT2D eigenvalue weighted by molar-refractivity contribution is 8.00. The number of β-lactam (4-membered cyclic amide) rings is 1. The number of rotatable bonds is 10. The highest BCUT2D eigenvalue weighted by atomic mass is 32.2. The summed E-state index contributed by atoms with van der Waals surface area (Å²) in [4.78, 5) is 76.3. The number of carbonyl (C=O) groups is 4. The first-order chi connectivity index (χ1) is 22.5. The molecule has 47 heavy (non-hydrogen) atoms. The number of nitrogen functional groups attached to an aromatic ring is 1. The van der Waals surface area contributed by atoms with Crippen molar-refractivity contribution in [1.29, 1.82) is 0 Å². The van der Waals surface area contributed by atoms with Crippen LogP contribution in [0.2, 0.25) is 0 Å². The number of carbonyl (C=O) groups excluding carboxylic acids is 2. The van der Waals surface area contributed by atoms with Crippen molar-refractivity contribution in [2.24, 2.45) is 5.16 Å². The molecule has 0 radical (unpaired) electrons. The molecule has 3 aromatic heterocycles. The molecule has 4 aromatic rings. The molecule has 1 unspecified atom stereocenters. The number of pyridine rings is 2. The fourth-order valence-corrected chi connectivity index (χ4v) is 7.09. The highest BCUT2D eigenvalue weighted by Gasteiger charge is 2.55. The second-order valence-electron chi connectivity index (χ2n) is 10.3. The molecule has 2 aliphatic rings. The predicted molar refractivity (Wildman–Crippen MR) is 167 cm³/mol. The van der Waals surface area contributed by atoms with Crippen LogP contribution >= 0.6 is 23.1 Å². The van der Waals surface area contributed by atoms with Crippen molar-refractivity contribution in [2.45, 2.75) is 24.1 Å². The van der Waals surface area contributed by atoms with E-state index >= 15 is 0 Å². The van der Waals surface area contributed by atoms with Crippen LogP contribution in [0.4, 0.5) is 5.13 Å². The van der Waals surface area contributed by atoms with Crippen molar-refractivity contribution in [1.82, 2.24) is 20.2 Å². The minimum Gasteiger partial charge on any atom is -0.506 e. The molecule has 18 heteroatoms. The van der Waals surface area contributed by atoms with Crippen LogP contribution in [0.1, 0.15) is 17.4 Å². The molecule has 1 aromatic carbocycles. The Hall–Kier alpha value is -5.75. The molecule has 0 aliphatic carbocycles. The van der Waals surface area contributed by atoms with Gasteiger partial charge in [0.25, 0.3) is 11.8 Å². The zero-order valence-electron chi connectivity index (χ0n) is 23.9. The first kappa shape index (κ1) is 31.2. The Morgan fingerprint density at radius 1 is 1.17 bits per heavy atom. The summed E-state index contributed by atoms with van der Waals surface area (Å²) >= 11 is 2.25. The van der Waals surface area contributed by atoms with Gasteiger partial charge in [-0.1, -0.05) is 17.3 Å². The SMILES string of the molecule is Nc1nc(/C(=N/OC(C(=O)O)c2ccc(O)c3[nH]c(=O)ccc23)C(=O)N[C@@H]2C(=O)N3C(C(=O)O)=C(C[n+]4ccccc4)CS[C@@H]23)cs1. The number of hydrogen-bond acceptors (Lipinski definition) is 12. The lowest BCUT2D eigenvalue weighted by Crippen LogP contribution is -2.71. The maximum Gasteiger partial charge on any atom is 0.352 e. The number of hydrogen-bond donors (Lipinski definition) is 6. The van der Waals surface area contributed by atoms with Crippen LogP contribution in [-0.2, 0) is 30.6 Å². The van der Waals surface area contributed by atoms with Crippen molar-refractivity contribution in [3.05, 3.63) is 93.1 Å². The van der Waals surface area contributed by atoms with Crippen molar-refractivity contribution >= 4 is 68.6 Å². The Kier molecular flexibility index (Phi) is 8.35. The number of H-pyrrole nitrogens is 1. The maximum absolute atomic E-state index is 13.6. The lowest BCUT2D eigenvalue weighted by Gasteiger charge is -2.49. The van der Waals surface area contributed by atoms with Crippen LogP contribution in [0.25, 0.3) is 10.9 Å². The average molecular weight is 679 g/mol. The number of carboxylic acid groups (broad SMARTS) is 2. The van der Waals surface area contributed by atoms with Gasteiger partial charge in [0.2, 0.25) is 11.7 Å². The van der Waals surface area contributed by atoms with Crippen molar-refractivity contribution < 1.29 is 43.9 Å². The molecular weight excluding hydrogens is 654 g/mol. The van der Waals surface area contributed by atoms with Crippen LogP contribution in [-0.4, -0.2) is 76.8 Å². The Morgan fingerprint density at radius 2 is 1.94 bits per heavy atom. The number of nitrogens with one attached hydrogen (secondary N) is 2. The molecule has 3 atom stereocenters. The number of aliphatic carboxylic acids is 2. The smallest absolute Gasteiger partial charge is 0.352 e. The third-order valence-electron chi connectivity index (χ3n) is 7.33. The molecule has 1 fully saturated rings. The quantitative estimate of drug-likeness (QED) is 0.0583. The summed E-state index contributed by atoms with van der Waals surface area (Å²) in [6.45, 7) is 0.250. The molecule has 0 bridgehead atoms. The second-order valence-corrected chi connectivity index (χ2v) is 12.3.